The van der Waals surface area contributed by atoms with E-state index in [1.54, 1.807) is 0 Å². The second kappa shape index (κ2) is 4.52. The van der Waals surface area contributed by atoms with Gasteiger partial charge in [0.2, 0.25) is 0 Å². The Hall–Kier alpha value is -1.24. The van der Waals surface area contributed by atoms with E-state index in [-0.39, 0.29) is 5.41 Å². The Morgan fingerprint density at radius 1 is 1.00 bits per heavy atom. The standard InChI is InChI=1S/C12H15N.C2H6/c1-12(2,3)10-5-4-9-6-7-13-11(9)8-10;1-2/h4-8,13H,1-3H3;1-2H3. The van der Waals surface area contributed by atoms with Crippen LogP contribution in [-0.4, -0.2) is 4.98 Å². The van der Waals surface area contributed by atoms with Crippen molar-refractivity contribution in [1.82, 2.24) is 4.98 Å². The third-order valence-corrected chi connectivity index (χ3v) is 2.42. The predicted octanol–water partition coefficient (Wildman–Crippen LogP) is 4.49. The van der Waals surface area contributed by atoms with Gasteiger partial charge in [0, 0.05) is 11.7 Å². The highest BCUT2D eigenvalue weighted by molar-refractivity contribution is 5.80. The van der Waals surface area contributed by atoms with Gasteiger partial charge in [0.15, 0.2) is 0 Å². The van der Waals surface area contributed by atoms with E-state index in [0.717, 1.165) is 0 Å². The van der Waals surface area contributed by atoms with Crippen LogP contribution in [0.1, 0.15) is 40.2 Å². The second-order valence-electron chi connectivity index (χ2n) is 4.53. The number of aromatic amines is 1. The number of rotatable bonds is 0. The number of nitrogens with one attached hydrogen (secondary N) is 1. The largest absolute Gasteiger partial charge is 0.361 e. The lowest BCUT2D eigenvalue weighted by Gasteiger charge is -2.18. The SMILES string of the molecule is CC.CC(C)(C)c1ccc2cc[nH]c2c1. The molecule has 1 aromatic carbocycles. The van der Waals surface area contributed by atoms with Crippen LogP contribution in [0.4, 0.5) is 0 Å². The molecule has 1 aromatic heterocycles. The van der Waals surface area contributed by atoms with Crippen LogP contribution < -0.4 is 0 Å². The fourth-order valence-electron chi connectivity index (χ4n) is 1.51. The lowest BCUT2D eigenvalue weighted by atomic mass is 9.87. The first kappa shape index (κ1) is 11.8. The van der Waals surface area contributed by atoms with Crippen molar-refractivity contribution in [2.24, 2.45) is 0 Å². The van der Waals surface area contributed by atoms with Crippen LogP contribution in [0.2, 0.25) is 0 Å². The molecule has 0 radical (unpaired) electrons. The minimum atomic E-state index is 0.235. The van der Waals surface area contributed by atoms with E-state index < -0.39 is 0 Å². The summed E-state index contributed by atoms with van der Waals surface area (Å²) in [5, 5.41) is 1.29. The average molecular weight is 203 g/mol. The number of fused-ring (bicyclic) bond motifs is 1. The Morgan fingerprint density at radius 2 is 1.67 bits per heavy atom. The van der Waals surface area contributed by atoms with E-state index in [1.807, 2.05) is 20.0 Å². The van der Waals surface area contributed by atoms with Crippen molar-refractivity contribution < 1.29 is 0 Å². The summed E-state index contributed by atoms with van der Waals surface area (Å²) < 4.78 is 0. The Balaban J connectivity index is 0.000000531. The van der Waals surface area contributed by atoms with E-state index in [9.17, 15) is 0 Å². The van der Waals surface area contributed by atoms with Gasteiger partial charge in [0.05, 0.1) is 0 Å². The first-order valence-electron chi connectivity index (χ1n) is 5.65. The molecule has 0 saturated heterocycles. The zero-order valence-corrected chi connectivity index (χ0v) is 10.4. The van der Waals surface area contributed by atoms with Crippen LogP contribution >= 0.6 is 0 Å². The highest BCUT2D eigenvalue weighted by Gasteiger charge is 2.13. The van der Waals surface area contributed by atoms with Crippen molar-refractivity contribution in [3.63, 3.8) is 0 Å². The lowest BCUT2D eigenvalue weighted by molar-refractivity contribution is 0.591. The molecule has 1 heteroatoms. The predicted molar refractivity (Wildman–Crippen MR) is 68.3 cm³/mol. The molecule has 0 aliphatic heterocycles. The van der Waals surface area contributed by atoms with Crippen molar-refractivity contribution in [3.8, 4) is 0 Å². The monoisotopic (exact) mass is 203 g/mol. The quantitative estimate of drug-likeness (QED) is 0.649. The Labute approximate surface area is 92.5 Å². The maximum atomic E-state index is 3.23. The molecule has 1 nitrogen and oxygen atoms in total. The Kier molecular flexibility index (Phi) is 3.57. The topological polar surface area (TPSA) is 15.8 Å². The van der Waals surface area contributed by atoms with Crippen LogP contribution in [-0.2, 0) is 5.41 Å². The molecule has 15 heavy (non-hydrogen) atoms. The maximum absolute atomic E-state index is 3.23. The normalized spacial score (nSPS) is 11.0. The van der Waals surface area contributed by atoms with Crippen LogP contribution in [0.3, 0.4) is 0 Å². The first-order valence-corrected chi connectivity index (χ1v) is 5.65. The molecule has 0 amide bonds. The summed E-state index contributed by atoms with van der Waals surface area (Å²) in [7, 11) is 0. The van der Waals surface area contributed by atoms with Crippen molar-refractivity contribution in [3.05, 3.63) is 36.0 Å². The molecule has 0 spiro atoms. The molecule has 2 aromatic rings. The summed E-state index contributed by atoms with van der Waals surface area (Å²) in [5.41, 5.74) is 2.84. The van der Waals surface area contributed by atoms with Gasteiger partial charge in [-0.2, -0.15) is 0 Å². The van der Waals surface area contributed by atoms with Gasteiger partial charge in [-0.1, -0.05) is 46.8 Å². The van der Waals surface area contributed by atoms with E-state index in [2.05, 4.69) is 50.0 Å². The summed E-state index contributed by atoms with van der Waals surface area (Å²) in [4.78, 5) is 3.23. The van der Waals surface area contributed by atoms with Gasteiger partial charge in [-0.25, -0.2) is 0 Å². The summed E-state index contributed by atoms with van der Waals surface area (Å²) in [6.07, 6.45) is 1.98. The molecular weight excluding hydrogens is 182 g/mol. The van der Waals surface area contributed by atoms with Gasteiger partial charge in [0.25, 0.3) is 0 Å². The molecular formula is C14H21N. The molecule has 0 bridgehead atoms. The molecule has 0 aliphatic carbocycles. The first-order chi connectivity index (χ1) is 7.07. The molecule has 1 N–H and O–H groups in total. The molecule has 0 fully saturated rings. The molecule has 0 aliphatic rings. The van der Waals surface area contributed by atoms with Crippen LogP contribution in [0.5, 0.6) is 0 Å². The van der Waals surface area contributed by atoms with Gasteiger partial charge in [0.1, 0.15) is 0 Å². The number of H-pyrrole nitrogens is 1. The Bertz CT molecular complexity index is 418. The smallest absolute Gasteiger partial charge is 0.0456 e. The lowest BCUT2D eigenvalue weighted by Crippen LogP contribution is -2.10. The molecule has 1 heterocycles. The van der Waals surface area contributed by atoms with Gasteiger partial charge < -0.3 is 4.98 Å². The molecule has 82 valence electrons. The van der Waals surface area contributed by atoms with Gasteiger partial charge >= 0.3 is 0 Å². The zero-order valence-electron chi connectivity index (χ0n) is 10.4. The second-order valence-corrected chi connectivity index (χ2v) is 4.53. The summed E-state index contributed by atoms with van der Waals surface area (Å²) >= 11 is 0. The molecule has 0 saturated carbocycles. The van der Waals surface area contributed by atoms with E-state index >= 15 is 0 Å². The average Bonchev–Trinajstić information content (AvgIpc) is 2.66. The van der Waals surface area contributed by atoms with Crippen LogP contribution in [0, 0.1) is 0 Å². The number of hydrogen-bond donors (Lipinski definition) is 1. The van der Waals surface area contributed by atoms with Crippen LogP contribution in [0.15, 0.2) is 30.5 Å². The molecule has 0 unspecified atom stereocenters. The van der Waals surface area contributed by atoms with Crippen molar-refractivity contribution in [2.75, 3.05) is 0 Å². The van der Waals surface area contributed by atoms with Crippen molar-refractivity contribution in [1.29, 1.82) is 0 Å². The third kappa shape index (κ3) is 2.62. The fourth-order valence-corrected chi connectivity index (χ4v) is 1.51. The van der Waals surface area contributed by atoms with Gasteiger partial charge in [-0.05, 0) is 28.5 Å². The van der Waals surface area contributed by atoms with Crippen molar-refractivity contribution in [2.45, 2.75) is 40.0 Å². The maximum Gasteiger partial charge on any atom is 0.0456 e. The summed E-state index contributed by atoms with van der Waals surface area (Å²) in [6, 6.07) is 8.71. The summed E-state index contributed by atoms with van der Waals surface area (Å²) in [5.74, 6) is 0. The highest BCUT2D eigenvalue weighted by atomic mass is 14.7. The van der Waals surface area contributed by atoms with Crippen molar-refractivity contribution >= 4 is 10.9 Å². The minimum absolute atomic E-state index is 0.235. The number of aromatic nitrogens is 1. The van der Waals surface area contributed by atoms with E-state index in [1.165, 1.54) is 16.5 Å². The van der Waals surface area contributed by atoms with E-state index in [0.29, 0.717) is 0 Å². The number of benzene rings is 1. The number of hydrogen-bond acceptors (Lipinski definition) is 0. The summed E-state index contributed by atoms with van der Waals surface area (Å²) in [6.45, 7) is 10.7. The third-order valence-electron chi connectivity index (χ3n) is 2.42. The van der Waals surface area contributed by atoms with Gasteiger partial charge in [-0.15, -0.1) is 0 Å². The molecule has 0 atom stereocenters. The van der Waals surface area contributed by atoms with Crippen LogP contribution in [0.25, 0.3) is 10.9 Å². The minimum Gasteiger partial charge on any atom is -0.361 e. The molecule has 2 rings (SSSR count). The zero-order chi connectivity index (χ0) is 11.5. The van der Waals surface area contributed by atoms with Gasteiger partial charge in [-0.3, -0.25) is 0 Å². The highest BCUT2D eigenvalue weighted by Crippen LogP contribution is 2.25. The fraction of sp³-hybridized carbons (Fsp3) is 0.429. The van der Waals surface area contributed by atoms with E-state index in [4.69, 9.17) is 0 Å². The Morgan fingerprint density at radius 3 is 2.27 bits per heavy atom.